The highest BCUT2D eigenvalue weighted by Gasteiger charge is 2.23. The van der Waals surface area contributed by atoms with E-state index in [2.05, 4.69) is 29.0 Å². The van der Waals surface area contributed by atoms with Crippen molar-refractivity contribution in [3.8, 4) is 10.6 Å². The lowest BCUT2D eigenvalue weighted by Crippen LogP contribution is -2.41. The summed E-state index contributed by atoms with van der Waals surface area (Å²) in [6.45, 7) is 2.86. The Balaban J connectivity index is 1.54. The molecule has 0 unspecified atom stereocenters. The average molecular weight is 344 g/mol. The van der Waals surface area contributed by atoms with Gasteiger partial charge in [-0.15, -0.1) is 11.3 Å². The second-order valence-electron chi connectivity index (χ2n) is 6.65. The number of nitrogens with zero attached hydrogens (tertiary/aromatic N) is 4. The first-order valence-electron chi connectivity index (χ1n) is 8.39. The molecule has 0 saturated carbocycles. The van der Waals surface area contributed by atoms with Crippen LogP contribution in [0.1, 0.15) is 18.5 Å². The first-order valence-corrected chi connectivity index (χ1v) is 9.27. The van der Waals surface area contributed by atoms with E-state index in [-0.39, 0.29) is 5.91 Å². The molecular weight excluding hydrogens is 320 g/mol. The Morgan fingerprint density at radius 1 is 1.38 bits per heavy atom. The first-order chi connectivity index (χ1) is 11.6. The summed E-state index contributed by atoms with van der Waals surface area (Å²) in [5.74, 6) is 0.904. The van der Waals surface area contributed by atoms with Gasteiger partial charge in [-0.05, 0) is 45.0 Å². The maximum atomic E-state index is 12.5. The number of hydrogen-bond donors (Lipinski definition) is 0. The van der Waals surface area contributed by atoms with E-state index in [1.165, 1.54) is 0 Å². The SMILES string of the molecule is CN(C)CC1CCN(C(=O)Cc2csc(-c3cccnc3)n2)CC1. The summed E-state index contributed by atoms with van der Waals surface area (Å²) in [7, 11) is 4.22. The highest BCUT2D eigenvalue weighted by Crippen LogP contribution is 2.24. The molecule has 24 heavy (non-hydrogen) atoms. The van der Waals surface area contributed by atoms with Crippen molar-refractivity contribution in [2.45, 2.75) is 19.3 Å². The van der Waals surface area contributed by atoms with Crippen molar-refractivity contribution >= 4 is 17.2 Å². The van der Waals surface area contributed by atoms with Crippen LogP contribution in [-0.4, -0.2) is 59.4 Å². The van der Waals surface area contributed by atoms with Gasteiger partial charge in [-0.3, -0.25) is 9.78 Å². The Labute approximate surface area is 147 Å². The van der Waals surface area contributed by atoms with Crippen LogP contribution in [0.3, 0.4) is 0 Å². The van der Waals surface area contributed by atoms with Crippen LogP contribution < -0.4 is 0 Å². The fraction of sp³-hybridized carbons (Fsp3) is 0.500. The molecule has 1 saturated heterocycles. The number of rotatable bonds is 5. The van der Waals surface area contributed by atoms with E-state index in [4.69, 9.17) is 0 Å². The van der Waals surface area contributed by atoms with Crippen LogP contribution in [0.15, 0.2) is 29.9 Å². The lowest BCUT2D eigenvalue weighted by atomic mass is 9.96. The molecule has 0 N–H and O–H groups in total. The van der Waals surface area contributed by atoms with Crippen LogP contribution in [0.4, 0.5) is 0 Å². The zero-order valence-corrected chi connectivity index (χ0v) is 15.1. The van der Waals surface area contributed by atoms with Crippen molar-refractivity contribution in [3.05, 3.63) is 35.6 Å². The first kappa shape index (κ1) is 17.0. The van der Waals surface area contributed by atoms with Crippen LogP contribution in [0.5, 0.6) is 0 Å². The lowest BCUT2D eigenvalue weighted by molar-refractivity contribution is -0.131. The second kappa shape index (κ2) is 7.85. The molecule has 0 aromatic carbocycles. The van der Waals surface area contributed by atoms with Crippen molar-refractivity contribution < 1.29 is 4.79 Å². The second-order valence-corrected chi connectivity index (χ2v) is 7.51. The topological polar surface area (TPSA) is 49.3 Å². The highest BCUT2D eigenvalue weighted by molar-refractivity contribution is 7.13. The molecule has 3 heterocycles. The van der Waals surface area contributed by atoms with Crippen LogP contribution in [-0.2, 0) is 11.2 Å². The maximum absolute atomic E-state index is 12.5. The van der Waals surface area contributed by atoms with Crippen molar-refractivity contribution in [3.63, 3.8) is 0 Å². The summed E-state index contributed by atoms with van der Waals surface area (Å²) >= 11 is 1.57. The van der Waals surface area contributed by atoms with Gasteiger partial charge in [-0.1, -0.05) is 0 Å². The molecule has 0 aliphatic carbocycles. The van der Waals surface area contributed by atoms with E-state index < -0.39 is 0 Å². The molecule has 128 valence electrons. The number of hydrogen-bond acceptors (Lipinski definition) is 5. The predicted molar refractivity (Wildman–Crippen MR) is 96.9 cm³/mol. The molecule has 1 aliphatic rings. The Hall–Kier alpha value is -1.79. The maximum Gasteiger partial charge on any atom is 0.228 e. The molecule has 5 nitrogen and oxygen atoms in total. The van der Waals surface area contributed by atoms with E-state index in [9.17, 15) is 4.79 Å². The van der Waals surface area contributed by atoms with E-state index >= 15 is 0 Å². The molecule has 6 heteroatoms. The molecule has 1 amide bonds. The number of likely N-dealkylation sites (tertiary alicyclic amines) is 1. The Kier molecular flexibility index (Phi) is 5.58. The molecule has 0 atom stereocenters. The van der Waals surface area contributed by atoms with Gasteiger partial charge in [0.1, 0.15) is 5.01 Å². The van der Waals surface area contributed by atoms with Crippen molar-refractivity contribution in [1.82, 2.24) is 19.8 Å². The molecular formula is C18H24N4OS. The predicted octanol–water partition coefficient (Wildman–Crippen LogP) is 2.55. The smallest absolute Gasteiger partial charge is 0.228 e. The van der Waals surface area contributed by atoms with Gasteiger partial charge < -0.3 is 9.80 Å². The third-order valence-corrected chi connectivity index (χ3v) is 5.32. The van der Waals surface area contributed by atoms with Gasteiger partial charge >= 0.3 is 0 Å². The van der Waals surface area contributed by atoms with E-state index in [0.717, 1.165) is 48.7 Å². The zero-order valence-electron chi connectivity index (χ0n) is 14.3. The third kappa shape index (κ3) is 4.39. The number of carbonyl (C=O) groups is 1. The molecule has 2 aromatic heterocycles. The molecule has 2 aromatic rings. The van der Waals surface area contributed by atoms with Gasteiger partial charge in [-0.2, -0.15) is 0 Å². The summed E-state index contributed by atoms with van der Waals surface area (Å²) in [4.78, 5) is 25.5. The van der Waals surface area contributed by atoms with Gasteiger partial charge in [0.05, 0.1) is 12.1 Å². The molecule has 0 spiro atoms. The molecule has 3 rings (SSSR count). The van der Waals surface area contributed by atoms with E-state index in [0.29, 0.717) is 12.3 Å². The highest BCUT2D eigenvalue weighted by atomic mass is 32.1. The fourth-order valence-electron chi connectivity index (χ4n) is 3.16. The fourth-order valence-corrected chi connectivity index (χ4v) is 3.97. The quantitative estimate of drug-likeness (QED) is 0.836. The average Bonchev–Trinajstić information content (AvgIpc) is 3.04. The molecule has 1 fully saturated rings. The minimum absolute atomic E-state index is 0.196. The van der Waals surface area contributed by atoms with Crippen molar-refractivity contribution in [1.29, 1.82) is 0 Å². The summed E-state index contributed by atoms with van der Waals surface area (Å²) in [5, 5.41) is 2.91. The summed E-state index contributed by atoms with van der Waals surface area (Å²) in [6, 6.07) is 3.90. The standard InChI is InChI=1S/C18H24N4OS/c1-21(2)12-14-5-8-22(9-6-14)17(23)10-16-13-24-18(20-16)15-4-3-7-19-11-15/h3-4,7,11,13-14H,5-6,8-10,12H2,1-2H3. The number of thiazole rings is 1. The van der Waals surface area contributed by atoms with Crippen LogP contribution in [0, 0.1) is 5.92 Å². The lowest BCUT2D eigenvalue weighted by Gasteiger charge is -2.33. The summed E-state index contributed by atoms with van der Waals surface area (Å²) < 4.78 is 0. The zero-order chi connectivity index (χ0) is 16.9. The Morgan fingerprint density at radius 2 is 2.17 bits per heavy atom. The molecule has 1 aliphatic heterocycles. The largest absolute Gasteiger partial charge is 0.342 e. The third-order valence-electron chi connectivity index (χ3n) is 4.38. The van der Waals surface area contributed by atoms with E-state index in [1.807, 2.05) is 22.4 Å². The normalized spacial score (nSPS) is 15.9. The minimum atomic E-state index is 0.196. The van der Waals surface area contributed by atoms with E-state index in [1.54, 1.807) is 23.7 Å². The summed E-state index contributed by atoms with van der Waals surface area (Å²) in [6.07, 6.45) is 6.15. The van der Waals surface area contributed by atoms with Crippen LogP contribution in [0.2, 0.25) is 0 Å². The van der Waals surface area contributed by atoms with Gasteiger partial charge in [-0.25, -0.2) is 4.98 Å². The van der Waals surface area contributed by atoms with Gasteiger partial charge in [0.2, 0.25) is 5.91 Å². The number of pyridine rings is 1. The number of amides is 1. The van der Waals surface area contributed by atoms with Gasteiger partial charge in [0.15, 0.2) is 0 Å². The number of aromatic nitrogens is 2. The monoisotopic (exact) mass is 344 g/mol. The minimum Gasteiger partial charge on any atom is -0.342 e. The van der Waals surface area contributed by atoms with Crippen LogP contribution >= 0.6 is 11.3 Å². The van der Waals surface area contributed by atoms with Gasteiger partial charge in [0.25, 0.3) is 0 Å². The summed E-state index contributed by atoms with van der Waals surface area (Å²) in [5.41, 5.74) is 1.87. The Bertz CT molecular complexity index is 663. The van der Waals surface area contributed by atoms with Crippen molar-refractivity contribution in [2.24, 2.45) is 5.92 Å². The van der Waals surface area contributed by atoms with Crippen molar-refractivity contribution in [2.75, 3.05) is 33.7 Å². The van der Waals surface area contributed by atoms with Crippen LogP contribution in [0.25, 0.3) is 10.6 Å². The number of carbonyl (C=O) groups excluding carboxylic acids is 1. The molecule has 0 bridgehead atoms. The number of piperidine rings is 1. The van der Waals surface area contributed by atoms with Gasteiger partial charge in [0, 0.05) is 43.0 Å². The molecule has 0 radical (unpaired) electrons. The Morgan fingerprint density at radius 3 is 2.83 bits per heavy atom.